The first-order valence-corrected chi connectivity index (χ1v) is 6.95. The third-order valence-corrected chi connectivity index (χ3v) is 4.13. The number of benzene rings is 1. The third-order valence-electron chi connectivity index (χ3n) is 4.13. The molecule has 2 atom stereocenters. The summed E-state index contributed by atoms with van der Waals surface area (Å²) >= 11 is 0. The van der Waals surface area contributed by atoms with Crippen molar-refractivity contribution in [2.24, 2.45) is 0 Å². The first-order chi connectivity index (χ1) is 8.42. The average molecular weight is 230 g/mol. The summed E-state index contributed by atoms with van der Waals surface area (Å²) in [6, 6.07) is 9.96. The summed E-state index contributed by atoms with van der Waals surface area (Å²) in [6.45, 7) is 3.54. The van der Waals surface area contributed by atoms with Crippen LogP contribution >= 0.6 is 0 Å². The molecule has 0 aromatic heterocycles. The summed E-state index contributed by atoms with van der Waals surface area (Å²) in [4.78, 5) is 0. The van der Waals surface area contributed by atoms with Gasteiger partial charge in [0.1, 0.15) is 0 Å². The summed E-state index contributed by atoms with van der Waals surface area (Å²) in [7, 11) is 0. The Bertz CT molecular complexity index is 363. The fraction of sp³-hybridized carbons (Fsp3) is 0.600. The van der Waals surface area contributed by atoms with E-state index in [0.717, 1.165) is 12.5 Å². The summed E-state index contributed by atoms with van der Waals surface area (Å²) in [5, 5.41) is 7.03. The van der Waals surface area contributed by atoms with E-state index in [0.29, 0.717) is 6.04 Å². The molecule has 2 heteroatoms. The van der Waals surface area contributed by atoms with Crippen molar-refractivity contribution < 1.29 is 0 Å². The van der Waals surface area contributed by atoms with Gasteiger partial charge in [0.25, 0.3) is 0 Å². The highest BCUT2D eigenvalue weighted by molar-refractivity contribution is 5.28. The summed E-state index contributed by atoms with van der Waals surface area (Å²) < 4.78 is 0. The van der Waals surface area contributed by atoms with Crippen molar-refractivity contribution in [2.45, 2.75) is 37.6 Å². The smallest absolute Gasteiger partial charge is 0.0108 e. The summed E-state index contributed by atoms with van der Waals surface area (Å²) in [5.41, 5.74) is 3.04. The lowest BCUT2D eigenvalue weighted by molar-refractivity contribution is 0.602. The van der Waals surface area contributed by atoms with Gasteiger partial charge in [-0.1, -0.05) is 24.3 Å². The van der Waals surface area contributed by atoms with Crippen molar-refractivity contribution in [3.05, 3.63) is 35.4 Å². The lowest BCUT2D eigenvalue weighted by Crippen LogP contribution is -2.23. The third kappa shape index (κ3) is 2.70. The van der Waals surface area contributed by atoms with Crippen molar-refractivity contribution >= 4 is 0 Å². The van der Waals surface area contributed by atoms with Gasteiger partial charge in [0.2, 0.25) is 0 Å². The first kappa shape index (κ1) is 11.2. The molecule has 0 spiro atoms. The maximum atomic E-state index is 3.58. The summed E-state index contributed by atoms with van der Waals surface area (Å²) in [6.07, 6.45) is 5.19. The van der Waals surface area contributed by atoms with Crippen LogP contribution < -0.4 is 10.6 Å². The van der Waals surface area contributed by atoms with Gasteiger partial charge in [0, 0.05) is 12.6 Å². The van der Waals surface area contributed by atoms with E-state index >= 15 is 0 Å². The molecule has 92 valence electrons. The fourth-order valence-corrected chi connectivity index (χ4v) is 3.13. The molecule has 1 aromatic rings. The van der Waals surface area contributed by atoms with Gasteiger partial charge >= 0.3 is 0 Å². The van der Waals surface area contributed by atoms with Crippen LogP contribution in [0.3, 0.4) is 0 Å². The molecule has 2 aliphatic heterocycles. The molecule has 0 saturated carbocycles. The Kier molecular flexibility index (Phi) is 3.44. The Balaban J connectivity index is 1.69. The number of hydrogen-bond donors (Lipinski definition) is 2. The van der Waals surface area contributed by atoms with Crippen LogP contribution in [0.4, 0.5) is 0 Å². The van der Waals surface area contributed by atoms with Crippen molar-refractivity contribution in [1.82, 2.24) is 10.6 Å². The highest BCUT2D eigenvalue weighted by Gasteiger charge is 2.18. The SMILES string of the molecule is c1cc(CC2CCCN2)cc(C2CCNC2)c1. The van der Waals surface area contributed by atoms with E-state index in [1.807, 2.05) is 0 Å². The highest BCUT2D eigenvalue weighted by Crippen LogP contribution is 2.23. The van der Waals surface area contributed by atoms with Crippen LogP contribution in [-0.4, -0.2) is 25.7 Å². The zero-order chi connectivity index (χ0) is 11.5. The van der Waals surface area contributed by atoms with Gasteiger partial charge in [-0.25, -0.2) is 0 Å². The predicted octanol–water partition coefficient (Wildman–Crippen LogP) is 2.06. The van der Waals surface area contributed by atoms with Gasteiger partial charge in [0.15, 0.2) is 0 Å². The molecule has 0 bridgehead atoms. The number of nitrogens with one attached hydrogen (secondary N) is 2. The van der Waals surface area contributed by atoms with E-state index in [2.05, 4.69) is 34.9 Å². The van der Waals surface area contributed by atoms with Crippen molar-refractivity contribution in [1.29, 1.82) is 0 Å². The minimum Gasteiger partial charge on any atom is -0.316 e. The number of rotatable bonds is 3. The molecule has 2 aliphatic rings. The van der Waals surface area contributed by atoms with Crippen LogP contribution in [0.25, 0.3) is 0 Å². The Hall–Kier alpha value is -0.860. The first-order valence-electron chi connectivity index (χ1n) is 6.95. The van der Waals surface area contributed by atoms with Gasteiger partial charge in [0.05, 0.1) is 0 Å². The van der Waals surface area contributed by atoms with Gasteiger partial charge in [-0.05, 0) is 55.8 Å². The molecule has 1 aromatic carbocycles. The van der Waals surface area contributed by atoms with E-state index < -0.39 is 0 Å². The van der Waals surface area contributed by atoms with Crippen LogP contribution in [0.15, 0.2) is 24.3 Å². The molecule has 2 saturated heterocycles. The van der Waals surface area contributed by atoms with E-state index in [4.69, 9.17) is 0 Å². The second-order valence-electron chi connectivity index (χ2n) is 5.43. The minimum atomic E-state index is 0.715. The van der Waals surface area contributed by atoms with Crippen LogP contribution in [-0.2, 0) is 6.42 Å². The molecular weight excluding hydrogens is 208 g/mol. The topological polar surface area (TPSA) is 24.1 Å². The molecule has 3 rings (SSSR count). The lowest BCUT2D eigenvalue weighted by Gasteiger charge is -2.13. The molecule has 0 aliphatic carbocycles. The maximum absolute atomic E-state index is 3.58. The molecule has 17 heavy (non-hydrogen) atoms. The molecule has 2 unspecified atom stereocenters. The van der Waals surface area contributed by atoms with Crippen LogP contribution in [0.5, 0.6) is 0 Å². The van der Waals surface area contributed by atoms with Gasteiger partial charge in [-0.15, -0.1) is 0 Å². The predicted molar refractivity (Wildman–Crippen MR) is 71.4 cm³/mol. The molecule has 2 fully saturated rings. The normalized spacial score (nSPS) is 28.7. The largest absolute Gasteiger partial charge is 0.316 e. The van der Waals surface area contributed by atoms with Crippen LogP contribution in [0.1, 0.15) is 36.3 Å². The maximum Gasteiger partial charge on any atom is 0.0108 e. The average Bonchev–Trinajstić information content (AvgIpc) is 3.01. The molecule has 0 radical (unpaired) electrons. The zero-order valence-corrected chi connectivity index (χ0v) is 10.4. The van der Waals surface area contributed by atoms with Crippen LogP contribution in [0, 0.1) is 0 Å². The van der Waals surface area contributed by atoms with Crippen LogP contribution in [0.2, 0.25) is 0 Å². The molecule has 2 heterocycles. The molecule has 2 N–H and O–H groups in total. The summed E-state index contributed by atoms with van der Waals surface area (Å²) in [5.74, 6) is 0.742. The Morgan fingerprint density at radius 1 is 1.18 bits per heavy atom. The number of hydrogen-bond acceptors (Lipinski definition) is 2. The van der Waals surface area contributed by atoms with Crippen molar-refractivity contribution in [3.63, 3.8) is 0 Å². The highest BCUT2D eigenvalue weighted by atomic mass is 14.9. The lowest BCUT2D eigenvalue weighted by atomic mass is 9.94. The molecule has 2 nitrogen and oxygen atoms in total. The Morgan fingerprint density at radius 2 is 2.18 bits per heavy atom. The fourth-order valence-electron chi connectivity index (χ4n) is 3.13. The standard InChI is InChI=1S/C15H22N2/c1-3-12(10-15-5-2-7-17-15)9-13(4-1)14-6-8-16-11-14/h1,3-4,9,14-17H,2,5-8,10-11H2. The Morgan fingerprint density at radius 3 is 2.94 bits per heavy atom. The molecule has 0 amide bonds. The van der Waals surface area contributed by atoms with E-state index in [1.54, 1.807) is 0 Å². The second-order valence-corrected chi connectivity index (χ2v) is 5.43. The molecular formula is C15H22N2. The minimum absolute atomic E-state index is 0.715. The monoisotopic (exact) mass is 230 g/mol. The van der Waals surface area contributed by atoms with Crippen molar-refractivity contribution in [2.75, 3.05) is 19.6 Å². The van der Waals surface area contributed by atoms with Gasteiger partial charge in [-0.2, -0.15) is 0 Å². The van der Waals surface area contributed by atoms with Gasteiger partial charge in [-0.3, -0.25) is 0 Å². The van der Waals surface area contributed by atoms with Gasteiger partial charge < -0.3 is 10.6 Å². The van der Waals surface area contributed by atoms with E-state index in [1.165, 1.54) is 49.9 Å². The quantitative estimate of drug-likeness (QED) is 0.830. The Labute approximate surface area is 104 Å². The van der Waals surface area contributed by atoms with E-state index in [-0.39, 0.29) is 0 Å². The van der Waals surface area contributed by atoms with Crippen molar-refractivity contribution in [3.8, 4) is 0 Å². The van der Waals surface area contributed by atoms with E-state index in [9.17, 15) is 0 Å². The second kappa shape index (κ2) is 5.19. The zero-order valence-electron chi connectivity index (χ0n) is 10.4.